The van der Waals surface area contributed by atoms with Gasteiger partial charge in [-0.3, -0.25) is 10.1 Å². The number of nitrogens with zero attached hydrogens (tertiary/aromatic N) is 4. The van der Waals surface area contributed by atoms with Crippen LogP contribution in [0.15, 0.2) is 43.0 Å². The average molecular weight is 354 g/mol. The number of hydrogen-bond donors (Lipinski definition) is 2. The Morgan fingerprint density at radius 2 is 2.16 bits per heavy atom. The van der Waals surface area contributed by atoms with Crippen molar-refractivity contribution in [1.29, 1.82) is 0 Å². The number of carbonyl (C=O) groups excluding carboxylic acids is 1. The average Bonchev–Trinajstić information content (AvgIpc) is 3.35. The molecule has 7 nitrogen and oxygen atoms in total. The zero-order valence-electron chi connectivity index (χ0n) is 13.6. The van der Waals surface area contributed by atoms with Crippen molar-refractivity contribution in [2.24, 2.45) is 0 Å². The second-order valence-corrected chi connectivity index (χ2v) is 6.96. The first-order valence-corrected chi connectivity index (χ1v) is 9.05. The second kappa shape index (κ2) is 7.12. The largest absolute Gasteiger partial charge is 0.317 e. The number of nitrogens with one attached hydrogen (secondary N) is 2. The highest BCUT2D eigenvalue weighted by molar-refractivity contribution is 7.15. The molecule has 3 aromatic rings. The lowest BCUT2D eigenvalue weighted by molar-refractivity contribution is 0.102. The maximum Gasteiger partial charge on any atom is 0.257 e. The Morgan fingerprint density at radius 3 is 2.96 bits per heavy atom. The van der Waals surface area contributed by atoms with Gasteiger partial charge in [0.2, 0.25) is 0 Å². The zero-order valence-corrected chi connectivity index (χ0v) is 14.4. The van der Waals surface area contributed by atoms with Gasteiger partial charge in [0.15, 0.2) is 10.9 Å². The molecule has 0 saturated carbocycles. The maximum atomic E-state index is 12.5. The van der Waals surface area contributed by atoms with Crippen LogP contribution in [-0.2, 0) is 0 Å². The van der Waals surface area contributed by atoms with E-state index in [0.29, 0.717) is 22.4 Å². The summed E-state index contributed by atoms with van der Waals surface area (Å²) in [4.78, 5) is 22.3. The van der Waals surface area contributed by atoms with Crippen molar-refractivity contribution in [3.05, 3.63) is 53.4 Å². The van der Waals surface area contributed by atoms with Crippen molar-refractivity contribution >= 4 is 22.4 Å². The van der Waals surface area contributed by atoms with Crippen LogP contribution in [0.5, 0.6) is 0 Å². The molecule has 1 fully saturated rings. The van der Waals surface area contributed by atoms with Gasteiger partial charge in [-0.15, -0.1) is 11.3 Å². The molecule has 1 amide bonds. The predicted molar refractivity (Wildman–Crippen MR) is 96.3 cm³/mol. The molecular formula is C17H18N6OS. The Balaban J connectivity index is 1.47. The first-order valence-electron chi connectivity index (χ1n) is 8.23. The monoisotopic (exact) mass is 354 g/mol. The molecule has 25 heavy (non-hydrogen) atoms. The third-order valence-corrected chi connectivity index (χ3v) is 5.31. The van der Waals surface area contributed by atoms with E-state index < -0.39 is 0 Å². The molecular weight excluding hydrogens is 336 g/mol. The SMILES string of the molecule is O=C(Nc1ncc(C2CCNCC2)s1)c1ccnc(-n2cccn2)c1. The standard InChI is InChI=1S/C17H18N6OS/c24-16(13-4-8-19-15(10-13)23-9-1-5-21-23)22-17-20-11-14(25-17)12-2-6-18-7-3-12/h1,4-5,8-12,18H,2-3,6-7H2,(H,20,22,24). The minimum atomic E-state index is -0.193. The lowest BCUT2D eigenvalue weighted by Gasteiger charge is -2.20. The number of carbonyl (C=O) groups is 1. The van der Waals surface area contributed by atoms with Crippen LogP contribution in [0.3, 0.4) is 0 Å². The lowest BCUT2D eigenvalue weighted by atomic mass is 9.97. The van der Waals surface area contributed by atoms with Crippen LogP contribution in [0, 0.1) is 0 Å². The molecule has 0 aliphatic carbocycles. The summed E-state index contributed by atoms with van der Waals surface area (Å²) in [5.74, 6) is 0.950. The third-order valence-electron chi connectivity index (χ3n) is 4.23. The zero-order chi connectivity index (χ0) is 17.1. The first kappa shape index (κ1) is 15.9. The fourth-order valence-electron chi connectivity index (χ4n) is 2.90. The first-order chi connectivity index (χ1) is 12.3. The number of thiazole rings is 1. The van der Waals surface area contributed by atoms with Crippen molar-refractivity contribution in [3.63, 3.8) is 0 Å². The van der Waals surface area contributed by atoms with Gasteiger partial charge >= 0.3 is 0 Å². The number of hydrogen-bond acceptors (Lipinski definition) is 6. The third kappa shape index (κ3) is 3.59. The summed E-state index contributed by atoms with van der Waals surface area (Å²) >= 11 is 1.56. The molecule has 0 radical (unpaired) electrons. The van der Waals surface area contributed by atoms with E-state index >= 15 is 0 Å². The van der Waals surface area contributed by atoms with Crippen LogP contribution >= 0.6 is 11.3 Å². The Hall–Kier alpha value is -2.58. The molecule has 128 valence electrons. The molecule has 4 heterocycles. The van der Waals surface area contributed by atoms with Gasteiger partial charge < -0.3 is 5.32 Å². The number of pyridine rings is 1. The van der Waals surface area contributed by atoms with Gasteiger partial charge in [0.1, 0.15) is 0 Å². The van der Waals surface area contributed by atoms with Crippen LogP contribution in [0.1, 0.15) is 34.0 Å². The maximum absolute atomic E-state index is 12.5. The Bertz CT molecular complexity index is 854. The van der Waals surface area contributed by atoms with Crippen LogP contribution < -0.4 is 10.6 Å². The number of aromatic nitrogens is 4. The van der Waals surface area contributed by atoms with E-state index in [0.717, 1.165) is 25.9 Å². The van der Waals surface area contributed by atoms with Crippen molar-refractivity contribution < 1.29 is 4.79 Å². The second-order valence-electron chi connectivity index (χ2n) is 5.90. The minimum Gasteiger partial charge on any atom is -0.317 e. The molecule has 0 unspecified atom stereocenters. The van der Waals surface area contributed by atoms with Gasteiger partial charge in [-0.25, -0.2) is 14.6 Å². The van der Waals surface area contributed by atoms with Gasteiger partial charge in [-0.2, -0.15) is 5.10 Å². The van der Waals surface area contributed by atoms with E-state index in [1.807, 2.05) is 12.3 Å². The Labute approximate surface area is 149 Å². The normalized spacial score (nSPS) is 15.2. The van der Waals surface area contributed by atoms with Crippen LogP contribution in [0.4, 0.5) is 5.13 Å². The molecule has 0 bridgehead atoms. The number of piperidine rings is 1. The summed E-state index contributed by atoms with van der Waals surface area (Å²) < 4.78 is 1.62. The quantitative estimate of drug-likeness (QED) is 0.752. The molecule has 3 aromatic heterocycles. The van der Waals surface area contributed by atoms with E-state index in [1.54, 1.807) is 46.7 Å². The predicted octanol–water partition coefficient (Wildman–Crippen LogP) is 2.44. The Morgan fingerprint density at radius 1 is 1.28 bits per heavy atom. The molecule has 1 aliphatic rings. The van der Waals surface area contributed by atoms with E-state index in [4.69, 9.17) is 0 Å². The van der Waals surface area contributed by atoms with Crippen LogP contribution in [0.2, 0.25) is 0 Å². The highest BCUT2D eigenvalue weighted by atomic mass is 32.1. The summed E-state index contributed by atoms with van der Waals surface area (Å²) in [5, 5.41) is 11.0. The van der Waals surface area contributed by atoms with Gasteiger partial charge in [0.05, 0.1) is 0 Å². The van der Waals surface area contributed by atoms with Gasteiger partial charge in [-0.05, 0) is 50.0 Å². The molecule has 8 heteroatoms. The fraction of sp³-hybridized carbons (Fsp3) is 0.294. The summed E-state index contributed by atoms with van der Waals surface area (Å²) in [7, 11) is 0. The minimum absolute atomic E-state index is 0.193. The molecule has 0 aromatic carbocycles. The van der Waals surface area contributed by atoms with Crippen LogP contribution in [-0.4, -0.2) is 38.7 Å². The van der Waals surface area contributed by atoms with Gasteiger partial charge in [0.25, 0.3) is 5.91 Å². The smallest absolute Gasteiger partial charge is 0.257 e. The van der Waals surface area contributed by atoms with Gasteiger partial charge in [-0.1, -0.05) is 0 Å². The summed E-state index contributed by atoms with van der Waals surface area (Å²) in [6.07, 6.45) is 9.19. The molecule has 0 atom stereocenters. The van der Waals surface area contributed by atoms with E-state index in [9.17, 15) is 4.79 Å². The Kier molecular flexibility index (Phi) is 4.53. The van der Waals surface area contributed by atoms with E-state index in [2.05, 4.69) is 25.7 Å². The fourth-order valence-corrected chi connectivity index (χ4v) is 3.88. The van der Waals surface area contributed by atoms with Gasteiger partial charge in [0, 0.05) is 35.2 Å². The number of amides is 1. The summed E-state index contributed by atoms with van der Waals surface area (Å²) in [5.41, 5.74) is 0.527. The number of anilines is 1. The molecule has 4 rings (SSSR count). The van der Waals surface area contributed by atoms with Crippen molar-refractivity contribution in [3.8, 4) is 5.82 Å². The number of rotatable bonds is 4. The van der Waals surface area contributed by atoms with Crippen molar-refractivity contribution in [1.82, 2.24) is 25.1 Å². The highest BCUT2D eigenvalue weighted by Gasteiger charge is 2.18. The molecule has 1 saturated heterocycles. The molecule has 1 aliphatic heterocycles. The molecule has 2 N–H and O–H groups in total. The van der Waals surface area contributed by atoms with Crippen LogP contribution in [0.25, 0.3) is 5.82 Å². The van der Waals surface area contributed by atoms with E-state index in [-0.39, 0.29) is 5.91 Å². The summed E-state index contributed by atoms with van der Waals surface area (Å²) in [6, 6.07) is 5.21. The summed E-state index contributed by atoms with van der Waals surface area (Å²) in [6.45, 7) is 2.08. The van der Waals surface area contributed by atoms with Crippen molar-refractivity contribution in [2.45, 2.75) is 18.8 Å². The highest BCUT2D eigenvalue weighted by Crippen LogP contribution is 2.31. The lowest BCUT2D eigenvalue weighted by Crippen LogP contribution is -2.26. The topological polar surface area (TPSA) is 84.7 Å². The van der Waals surface area contributed by atoms with E-state index in [1.165, 1.54) is 4.88 Å². The van der Waals surface area contributed by atoms with Crippen molar-refractivity contribution in [2.75, 3.05) is 18.4 Å². The molecule has 0 spiro atoms.